The second kappa shape index (κ2) is 9.62. The number of hydrogen-bond acceptors (Lipinski definition) is 6. The van der Waals surface area contributed by atoms with Crippen LogP contribution in [0.1, 0.15) is 55.5 Å². The number of aromatic nitrogens is 1. The Hall–Kier alpha value is -2.39. The van der Waals surface area contributed by atoms with Gasteiger partial charge < -0.3 is 14.6 Å². The molecule has 1 aliphatic heterocycles. The first kappa shape index (κ1) is 22.8. The number of nitrogens with one attached hydrogen (secondary N) is 1. The topological polar surface area (TPSA) is 102 Å². The van der Waals surface area contributed by atoms with E-state index in [1.54, 1.807) is 13.8 Å². The van der Waals surface area contributed by atoms with E-state index in [4.69, 9.17) is 9.26 Å². The summed E-state index contributed by atoms with van der Waals surface area (Å²) in [5.74, 6) is 0.542. The van der Waals surface area contributed by atoms with Crippen LogP contribution in [0.25, 0.3) is 0 Å². The first-order chi connectivity index (χ1) is 15.4. The second-order valence-electron chi connectivity index (χ2n) is 8.71. The van der Waals surface area contributed by atoms with E-state index in [1.165, 1.54) is 17.1 Å². The fourth-order valence-electron chi connectivity index (χ4n) is 4.62. The summed E-state index contributed by atoms with van der Waals surface area (Å²) in [5, 5.41) is 6.76. The zero-order valence-corrected chi connectivity index (χ0v) is 19.5. The summed E-state index contributed by atoms with van der Waals surface area (Å²) >= 11 is 0. The zero-order valence-electron chi connectivity index (χ0n) is 18.7. The van der Waals surface area contributed by atoms with Crippen molar-refractivity contribution in [2.24, 2.45) is 5.92 Å². The molecule has 9 heteroatoms. The number of benzene rings is 1. The van der Waals surface area contributed by atoms with Crippen molar-refractivity contribution in [1.82, 2.24) is 14.8 Å². The quantitative estimate of drug-likeness (QED) is 0.679. The average Bonchev–Trinajstić information content (AvgIpc) is 3.42. The minimum absolute atomic E-state index is 0.108. The monoisotopic (exact) mass is 461 g/mol. The van der Waals surface area contributed by atoms with E-state index in [2.05, 4.69) is 10.5 Å². The van der Waals surface area contributed by atoms with Crippen LogP contribution in [0.5, 0.6) is 5.75 Å². The second-order valence-corrected chi connectivity index (χ2v) is 10.6. The summed E-state index contributed by atoms with van der Waals surface area (Å²) in [7, 11) is -3.76. The molecule has 2 fully saturated rings. The molecule has 0 bridgehead atoms. The van der Waals surface area contributed by atoms with Crippen LogP contribution in [0, 0.1) is 19.8 Å². The third kappa shape index (κ3) is 4.83. The highest BCUT2D eigenvalue weighted by Gasteiger charge is 2.36. The standard InChI is InChI=1S/C23H31N3O5S/c1-16-22(17(2)31-25-16)32(28,29)26-13-7-9-19(15-26)23(27)24-14-18-8-3-6-12-21(18)30-20-10-4-5-11-20/h3,6,8,12,19-20H,4-5,7,9-11,13-15H2,1-2H3,(H,24,27). The van der Waals surface area contributed by atoms with Crippen LogP contribution in [-0.2, 0) is 21.4 Å². The van der Waals surface area contributed by atoms with Crippen molar-refractivity contribution in [2.75, 3.05) is 13.1 Å². The SMILES string of the molecule is Cc1noc(C)c1S(=O)(=O)N1CCCC(C(=O)NCc2ccccc2OC2CCCC2)C1. The third-order valence-corrected chi connectivity index (χ3v) is 8.45. The van der Waals surface area contributed by atoms with Gasteiger partial charge in [0.2, 0.25) is 15.9 Å². The molecule has 1 amide bonds. The molecule has 1 N–H and O–H groups in total. The maximum absolute atomic E-state index is 13.1. The number of carbonyl (C=O) groups is 1. The lowest BCUT2D eigenvalue weighted by molar-refractivity contribution is -0.126. The van der Waals surface area contributed by atoms with Crippen LogP contribution in [-0.4, -0.2) is 43.0 Å². The summed E-state index contributed by atoms with van der Waals surface area (Å²) in [6, 6.07) is 7.77. The number of sulfonamides is 1. The average molecular weight is 462 g/mol. The summed E-state index contributed by atoms with van der Waals surface area (Å²) in [5.41, 5.74) is 1.27. The predicted octanol–water partition coefficient (Wildman–Crippen LogP) is 3.33. The molecule has 174 valence electrons. The molecular formula is C23H31N3O5S. The van der Waals surface area contributed by atoms with E-state index in [-0.39, 0.29) is 29.2 Å². The van der Waals surface area contributed by atoms with Gasteiger partial charge in [0, 0.05) is 25.2 Å². The van der Waals surface area contributed by atoms with Gasteiger partial charge in [0.25, 0.3) is 0 Å². The summed E-state index contributed by atoms with van der Waals surface area (Å²) < 4.78 is 38.8. The van der Waals surface area contributed by atoms with Crippen LogP contribution in [0.2, 0.25) is 0 Å². The first-order valence-electron chi connectivity index (χ1n) is 11.3. The Balaban J connectivity index is 1.39. The maximum Gasteiger partial charge on any atom is 0.248 e. The van der Waals surface area contributed by atoms with Gasteiger partial charge in [0.1, 0.15) is 16.3 Å². The Morgan fingerprint density at radius 3 is 2.66 bits per heavy atom. The fourth-order valence-corrected chi connectivity index (χ4v) is 6.44. The molecule has 1 unspecified atom stereocenters. The number of nitrogens with zero attached hydrogens (tertiary/aromatic N) is 2. The lowest BCUT2D eigenvalue weighted by atomic mass is 9.98. The van der Waals surface area contributed by atoms with Crippen molar-refractivity contribution in [1.29, 1.82) is 0 Å². The summed E-state index contributed by atoms with van der Waals surface area (Å²) in [6.45, 7) is 4.09. The number of amides is 1. The van der Waals surface area contributed by atoms with E-state index < -0.39 is 15.9 Å². The smallest absolute Gasteiger partial charge is 0.248 e. The number of hydrogen-bond donors (Lipinski definition) is 1. The Bertz CT molecular complexity index is 1040. The van der Waals surface area contributed by atoms with Gasteiger partial charge >= 0.3 is 0 Å². The Labute approximate surface area is 189 Å². The number of aryl methyl sites for hydroxylation is 2. The van der Waals surface area contributed by atoms with Crippen molar-refractivity contribution in [3.8, 4) is 5.75 Å². The molecule has 1 saturated carbocycles. The molecule has 1 aromatic heterocycles. The Kier molecular flexibility index (Phi) is 6.85. The molecule has 0 radical (unpaired) electrons. The number of ether oxygens (including phenoxy) is 1. The van der Waals surface area contributed by atoms with Crippen molar-refractivity contribution >= 4 is 15.9 Å². The fraction of sp³-hybridized carbons (Fsp3) is 0.565. The summed E-state index contributed by atoms with van der Waals surface area (Å²) in [6.07, 6.45) is 6.04. The normalized spacial score (nSPS) is 20.4. The van der Waals surface area contributed by atoms with Gasteiger partial charge in [-0.2, -0.15) is 4.31 Å². The Morgan fingerprint density at radius 2 is 1.94 bits per heavy atom. The molecule has 2 aliphatic rings. The Morgan fingerprint density at radius 1 is 1.19 bits per heavy atom. The largest absolute Gasteiger partial charge is 0.490 e. The van der Waals surface area contributed by atoms with Crippen LogP contribution >= 0.6 is 0 Å². The van der Waals surface area contributed by atoms with Gasteiger partial charge in [-0.15, -0.1) is 0 Å². The van der Waals surface area contributed by atoms with E-state index in [0.717, 1.165) is 24.2 Å². The maximum atomic E-state index is 13.1. The number of piperidine rings is 1. The highest BCUT2D eigenvalue weighted by atomic mass is 32.2. The molecule has 1 saturated heterocycles. The molecule has 4 rings (SSSR count). The van der Waals surface area contributed by atoms with Crippen LogP contribution < -0.4 is 10.1 Å². The highest BCUT2D eigenvalue weighted by Crippen LogP contribution is 2.29. The van der Waals surface area contributed by atoms with Gasteiger partial charge in [-0.3, -0.25) is 4.79 Å². The lowest BCUT2D eigenvalue weighted by Gasteiger charge is -2.31. The molecule has 2 heterocycles. The summed E-state index contributed by atoms with van der Waals surface area (Å²) in [4.78, 5) is 13.0. The van der Waals surface area contributed by atoms with E-state index in [0.29, 0.717) is 31.6 Å². The van der Waals surface area contributed by atoms with Crippen molar-refractivity contribution in [3.05, 3.63) is 41.3 Å². The molecule has 8 nitrogen and oxygen atoms in total. The number of para-hydroxylation sites is 1. The lowest BCUT2D eigenvalue weighted by Crippen LogP contribution is -2.45. The molecular weight excluding hydrogens is 430 g/mol. The van der Waals surface area contributed by atoms with Crippen molar-refractivity contribution in [3.63, 3.8) is 0 Å². The van der Waals surface area contributed by atoms with Crippen LogP contribution in [0.3, 0.4) is 0 Å². The molecule has 1 aromatic carbocycles. The third-order valence-electron chi connectivity index (χ3n) is 6.34. The zero-order chi connectivity index (χ0) is 22.7. The first-order valence-corrected chi connectivity index (χ1v) is 12.8. The molecule has 2 aromatic rings. The number of carbonyl (C=O) groups excluding carboxylic acids is 1. The molecule has 32 heavy (non-hydrogen) atoms. The van der Waals surface area contributed by atoms with Gasteiger partial charge in [0.05, 0.1) is 12.0 Å². The minimum Gasteiger partial charge on any atom is -0.490 e. The van der Waals surface area contributed by atoms with E-state index >= 15 is 0 Å². The van der Waals surface area contributed by atoms with Gasteiger partial charge in [-0.25, -0.2) is 8.42 Å². The van der Waals surface area contributed by atoms with Gasteiger partial charge in [-0.1, -0.05) is 23.4 Å². The highest BCUT2D eigenvalue weighted by molar-refractivity contribution is 7.89. The van der Waals surface area contributed by atoms with Gasteiger partial charge in [-0.05, 0) is 58.4 Å². The molecule has 0 spiro atoms. The van der Waals surface area contributed by atoms with E-state index in [1.807, 2.05) is 24.3 Å². The number of rotatable bonds is 7. The van der Waals surface area contributed by atoms with Crippen molar-refractivity contribution < 1.29 is 22.5 Å². The predicted molar refractivity (Wildman–Crippen MR) is 119 cm³/mol. The molecule has 1 aliphatic carbocycles. The minimum atomic E-state index is -3.76. The van der Waals surface area contributed by atoms with Crippen LogP contribution in [0.4, 0.5) is 0 Å². The van der Waals surface area contributed by atoms with Crippen LogP contribution in [0.15, 0.2) is 33.7 Å². The van der Waals surface area contributed by atoms with E-state index in [9.17, 15) is 13.2 Å². The van der Waals surface area contributed by atoms with Gasteiger partial charge in [0.15, 0.2) is 5.76 Å². The molecule has 1 atom stereocenters. The van der Waals surface area contributed by atoms with Crippen molar-refractivity contribution in [2.45, 2.75) is 69.9 Å².